The van der Waals surface area contributed by atoms with Gasteiger partial charge in [0.2, 0.25) is 15.9 Å². The second-order valence-electron chi connectivity index (χ2n) is 6.02. The number of carbonyl (C=O) groups is 1. The Morgan fingerprint density at radius 1 is 1.10 bits per heavy atom. The van der Waals surface area contributed by atoms with Crippen molar-refractivity contribution in [1.82, 2.24) is 14.5 Å². The van der Waals surface area contributed by atoms with Gasteiger partial charge in [0.1, 0.15) is 4.90 Å². The number of sulfonamides is 1. The number of carbonyl (C=O) groups excluding carboxylic acids is 1. The van der Waals surface area contributed by atoms with Crippen molar-refractivity contribution in [2.45, 2.75) is 11.5 Å². The number of rotatable bonds is 6. The Kier molecular flexibility index (Phi) is 6.23. The highest BCUT2D eigenvalue weighted by Crippen LogP contribution is 2.25. The molecule has 11 heteroatoms. The van der Waals surface area contributed by atoms with Gasteiger partial charge in [0.25, 0.3) is 5.89 Å². The maximum absolute atomic E-state index is 12.3. The Balaban J connectivity index is 1.73. The quantitative estimate of drug-likeness (QED) is 0.522. The van der Waals surface area contributed by atoms with Crippen LogP contribution in [0.25, 0.3) is 11.5 Å². The van der Waals surface area contributed by atoms with Crippen LogP contribution in [0, 0.1) is 0 Å². The number of esters is 1. The fraction of sp³-hybridized carbons (Fsp3) is 0.167. The van der Waals surface area contributed by atoms with Crippen LogP contribution in [0.4, 0.5) is 0 Å². The topological polar surface area (TPSA) is 103 Å². The van der Waals surface area contributed by atoms with Crippen molar-refractivity contribution >= 4 is 39.2 Å². The number of aromatic nitrogens is 2. The molecule has 0 N–H and O–H groups in total. The molecule has 0 saturated carbocycles. The van der Waals surface area contributed by atoms with Crippen molar-refractivity contribution in [3.8, 4) is 11.5 Å². The zero-order chi connectivity index (χ0) is 21.2. The molecule has 0 bridgehead atoms. The highest BCUT2D eigenvalue weighted by molar-refractivity contribution is 7.89. The van der Waals surface area contributed by atoms with Crippen LogP contribution in [0.15, 0.2) is 51.8 Å². The largest absolute Gasteiger partial charge is 0.452 e. The minimum atomic E-state index is -3.82. The van der Waals surface area contributed by atoms with E-state index in [0.717, 1.165) is 10.4 Å². The summed E-state index contributed by atoms with van der Waals surface area (Å²) in [6.07, 6.45) is 0. The van der Waals surface area contributed by atoms with Crippen molar-refractivity contribution in [3.05, 3.63) is 64.0 Å². The Morgan fingerprint density at radius 2 is 1.79 bits per heavy atom. The molecule has 0 amide bonds. The predicted octanol–water partition coefficient (Wildman–Crippen LogP) is 3.65. The van der Waals surface area contributed by atoms with Crippen LogP contribution in [-0.4, -0.2) is 43.0 Å². The van der Waals surface area contributed by atoms with E-state index in [0.29, 0.717) is 10.6 Å². The summed E-state index contributed by atoms with van der Waals surface area (Å²) >= 11 is 11.8. The molecule has 0 aliphatic carbocycles. The monoisotopic (exact) mass is 455 g/mol. The van der Waals surface area contributed by atoms with Crippen molar-refractivity contribution < 1.29 is 22.4 Å². The first-order valence-corrected chi connectivity index (χ1v) is 10.4. The Hall–Kier alpha value is -2.46. The maximum Gasteiger partial charge on any atom is 0.338 e. The van der Waals surface area contributed by atoms with Gasteiger partial charge in [0, 0.05) is 24.7 Å². The second-order valence-corrected chi connectivity index (χ2v) is 8.98. The molecule has 3 aromatic rings. The summed E-state index contributed by atoms with van der Waals surface area (Å²) in [5, 5.41) is 8.29. The number of halogens is 2. The van der Waals surface area contributed by atoms with Gasteiger partial charge in [-0.1, -0.05) is 23.2 Å². The first kappa shape index (κ1) is 21.3. The zero-order valence-electron chi connectivity index (χ0n) is 15.3. The molecule has 2 aromatic carbocycles. The van der Waals surface area contributed by atoms with Crippen LogP contribution in [0.5, 0.6) is 0 Å². The lowest BCUT2D eigenvalue weighted by Crippen LogP contribution is -2.23. The number of benzene rings is 2. The molecule has 0 fully saturated rings. The summed E-state index contributed by atoms with van der Waals surface area (Å²) in [6, 6.07) is 10.6. The highest BCUT2D eigenvalue weighted by atomic mass is 35.5. The third-order valence-electron chi connectivity index (χ3n) is 3.81. The molecule has 0 aliphatic rings. The molecule has 0 unspecified atom stereocenters. The van der Waals surface area contributed by atoms with Gasteiger partial charge in [-0.25, -0.2) is 17.5 Å². The fourth-order valence-electron chi connectivity index (χ4n) is 2.26. The van der Waals surface area contributed by atoms with E-state index in [1.54, 1.807) is 24.3 Å². The van der Waals surface area contributed by atoms with Crippen LogP contribution >= 0.6 is 23.2 Å². The Labute approximate surface area is 177 Å². The summed E-state index contributed by atoms with van der Waals surface area (Å²) in [5.41, 5.74) is 0.683. The van der Waals surface area contributed by atoms with Crippen LogP contribution in [0.2, 0.25) is 10.0 Å². The van der Waals surface area contributed by atoms with E-state index in [-0.39, 0.29) is 33.9 Å². The van der Waals surface area contributed by atoms with E-state index in [2.05, 4.69) is 10.2 Å². The lowest BCUT2D eigenvalue weighted by atomic mass is 10.2. The lowest BCUT2D eigenvalue weighted by molar-refractivity contribution is 0.0438. The molecule has 0 radical (unpaired) electrons. The molecule has 8 nitrogen and oxygen atoms in total. The first-order valence-electron chi connectivity index (χ1n) is 8.16. The van der Waals surface area contributed by atoms with Gasteiger partial charge < -0.3 is 9.15 Å². The van der Waals surface area contributed by atoms with Crippen LogP contribution in [0.3, 0.4) is 0 Å². The van der Waals surface area contributed by atoms with Crippen molar-refractivity contribution in [3.63, 3.8) is 0 Å². The summed E-state index contributed by atoms with van der Waals surface area (Å²) in [5.74, 6) is -0.430. The van der Waals surface area contributed by atoms with Gasteiger partial charge in [-0.3, -0.25) is 0 Å². The van der Waals surface area contributed by atoms with Gasteiger partial charge in [0.05, 0.1) is 10.6 Å². The van der Waals surface area contributed by atoms with Crippen molar-refractivity contribution in [1.29, 1.82) is 0 Å². The van der Waals surface area contributed by atoms with Gasteiger partial charge in [-0.05, 0) is 42.5 Å². The molecule has 0 saturated heterocycles. The Bertz CT molecular complexity index is 1140. The molecule has 3 rings (SSSR count). The van der Waals surface area contributed by atoms with E-state index < -0.39 is 16.0 Å². The fourth-order valence-corrected chi connectivity index (χ4v) is 3.78. The van der Waals surface area contributed by atoms with E-state index in [4.69, 9.17) is 32.4 Å². The zero-order valence-corrected chi connectivity index (χ0v) is 17.6. The third kappa shape index (κ3) is 4.76. The number of ether oxygens (including phenoxy) is 1. The highest BCUT2D eigenvalue weighted by Gasteiger charge is 2.23. The normalized spacial score (nSPS) is 11.6. The van der Waals surface area contributed by atoms with Gasteiger partial charge in [-0.15, -0.1) is 10.2 Å². The molecule has 152 valence electrons. The Morgan fingerprint density at radius 3 is 2.45 bits per heavy atom. The predicted molar refractivity (Wildman–Crippen MR) is 106 cm³/mol. The summed E-state index contributed by atoms with van der Waals surface area (Å²) < 4.78 is 36.2. The maximum atomic E-state index is 12.3. The van der Waals surface area contributed by atoms with Gasteiger partial charge in [0.15, 0.2) is 6.61 Å². The van der Waals surface area contributed by atoms with E-state index in [1.165, 1.54) is 26.2 Å². The number of hydrogen-bond donors (Lipinski definition) is 0. The third-order valence-corrected chi connectivity index (χ3v) is 6.36. The second kappa shape index (κ2) is 8.50. The van der Waals surface area contributed by atoms with E-state index in [9.17, 15) is 13.2 Å². The van der Waals surface area contributed by atoms with Crippen molar-refractivity contribution in [2.24, 2.45) is 0 Å². The smallest absolute Gasteiger partial charge is 0.338 e. The van der Waals surface area contributed by atoms with Crippen LogP contribution < -0.4 is 0 Å². The minimum absolute atomic E-state index is 0.000224. The van der Waals surface area contributed by atoms with E-state index in [1.807, 2.05) is 0 Å². The number of nitrogens with zero attached hydrogens (tertiary/aromatic N) is 3. The summed E-state index contributed by atoms with van der Waals surface area (Å²) in [7, 11) is -1.09. The van der Waals surface area contributed by atoms with Gasteiger partial charge in [-0.2, -0.15) is 0 Å². The molecular formula is C18H15Cl2N3O5S. The average molecular weight is 456 g/mol. The summed E-state index contributed by atoms with van der Waals surface area (Å²) in [4.78, 5) is 12.1. The molecular weight excluding hydrogens is 441 g/mol. The minimum Gasteiger partial charge on any atom is -0.452 e. The van der Waals surface area contributed by atoms with E-state index >= 15 is 0 Å². The van der Waals surface area contributed by atoms with Gasteiger partial charge >= 0.3 is 5.97 Å². The molecule has 0 spiro atoms. The van der Waals surface area contributed by atoms with Crippen LogP contribution in [-0.2, 0) is 21.4 Å². The molecule has 1 heterocycles. The number of hydrogen-bond acceptors (Lipinski definition) is 7. The first-order chi connectivity index (χ1) is 13.7. The molecule has 0 aliphatic heterocycles. The standard InChI is InChI=1S/C18H15Cl2N3O5S/c1-23(2)29(25,26)15-9-12(5-8-14(15)20)18(24)27-10-16-21-22-17(28-16)11-3-6-13(19)7-4-11/h3-9H,10H2,1-2H3. The van der Waals surface area contributed by atoms with Crippen LogP contribution in [0.1, 0.15) is 16.2 Å². The molecule has 0 atom stereocenters. The molecule has 29 heavy (non-hydrogen) atoms. The molecule has 1 aromatic heterocycles. The summed E-state index contributed by atoms with van der Waals surface area (Å²) in [6.45, 7) is -0.280. The van der Waals surface area contributed by atoms with Crippen molar-refractivity contribution in [2.75, 3.05) is 14.1 Å². The lowest BCUT2D eigenvalue weighted by Gasteiger charge is -2.13. The average Bonchev–Trinajstić information content (AvgIpc) is 3.15. The SMILES string of the molecule is CN(C)S(=O)(=O)c1cc(C(=O)OCc2nnc(-c3ccc(Cl)cc3)o2)ccc1Cl.